The maximum absolute atomic E-state index is 11.6. The van der Waals surface area contributed by atoms with Crippen molar-refractivity contribution >= 4 is 41.7 Å². The van der Waals surface area contributed by atoms with E-state index in [-0.39, 0.29) is 18.6 Å². The number of benzene rings is 2. The molecule has 0 aliphatic rings. The zero-order valence-electron chi connectivity index (χ0n) is 13.0. The molecule has 0 aromatic heterocycles. The summed E-state index contributed by atoms with van der Waals surface area (Å²) in [6.07, 6.45) is -0.262. The Balaban J connectivity index is 0.000000300. The van der Waals surface area contributed by atoms with E-state index < -0.39 is 5.97 Å². The summed E-state index contributed by atoms with van der Waals surface area (Å²) in [6.45, 7) is 0. The van der Waals surface area contributed by atoms with Gasteiger partial charge in [-0.05, 0) is 42.5 Å². The molecule has 0 bridgehead atoms. The Morgan fingerprint density at radius 1 is 1.17 bits per heavy atom. The third-order valence-electron chi connectivity index (χ3n) is 2.95. The van der Waals surface area contributed by atoms with E-state index in [0.29, 0.717) is 17.0 Å². The van der Waals surface area contributed by atoms with Crippen LogP contribution in [0.2, 0.25) is 5.02 Å². The van der Waals surface area contributed by atoms with Crippen LogP contribution in [0.1, 0.15) is 23.2 Å². The summed E-state index contributed by atoms with van der Waals surface area (Å²) >= 11 is 9.65. The number of carboxylic acids is 1. The van der Waals surface area contributed by atoms with Crippen LogP contribution < -0.4 is 10.5 Å². The molecule has 2 aromatic carbocycles. The summed E-state index contributed by atoms with van der Waals surface area (Å²) in [5, 5.41) is 9.22. The Kier molecular flexibility index (Phi) is 8.15. The van der Waals surface area contributed by atoms with Gasteiger partial charge in [0.2, 0.25) is 0 Å². The van der Waals surface area contributed by atoms with Crippen LogP contribution in [0, 0.1) is 0 Å². The number of halogens is 1. The molecule has 0 saturated heterocycles. The summed E-state index contributed by atoms with van der Waals surface area (Å²) in [6, 6.07) is 12.0. The second-order valence-electron chi connectivity index (χ2n) is 4.75. The molecular formula is C17H18ClNO4S. The Labute approximate surface area is 150 Å². The van der Waals surface area contributed by atoms with Gasteiger partial charge in [0.15, 0.2) is 5.78 Å². The van der Waals surface area contributed by atoms with Gasteiger partial charge in [-0.25, -0.2) is 0 Å². The fourth-order valence-electron chi connectivity index (χ4n) is 1.70. The molecule has 5 nitrogen and oxygen atoms in total. The highest BCUT2D eigenvalue weighted by Crippen LogP contribution is 2.21. The number of aliphatic carboxylic acids is 1. The van der Waals surface area contributed by atoms with Gasteiger partial charge in [-0.1, -0.05) is 11.6 Å². The first-order chi connectivity index (χ1) is 11.3. The van der Waals surface area contributed by atoms with Crippen molar-refractivity contribution in [3.8, 4) is 5.75 Å². The van der Waals surface area contributed by atoms with Crippen LogP contribution in [0.15, 0.2) is 47.4 Å². The lowest BCUT2D eigenvalue weighted by atomic mass is 10.0. The van der Waals surface area contributed by atoms with Gasteiger partial charge in [-0.2, -0.15) is 0 Å². The summed E-state index contributed by atoms with van der Waals surface area (Å²) < 4.78 is 4.96. The number of Topliss-reactive ketones (excluding diaryl/α,β-unsaturated/α-hetero) is 1. The second kappa shape index (κ2) is 9.85. The quantitative estimate of drug-likeness (QED) is 0.423. The normalized spacial score (nSPS) is 9.62. The fourth-order valence-corrected chi connectivity index (χ4v) is 1.98. The van der Waals surface area contributed by atoms with Crippen LogP contribution in [0.5, 0.6) is 5.75 Å². The first-order valence-corrected chi connectivity index (χ1v) is 7.79. The van der Waals surface area contributed by atoms with E-state index in [2.05, 4.69) is 12.6 Å². The molecule has 128 valence electrons. The van der Waals surface area contributed by atoms with Crippen molar-refractivity contribution in [1.29, 1.82) is 0 Å². The third kappa shape index (κ3) is 6.93. The molecule has 24 heavy (non-hydrogen) atoms. The predicted octanol–water partition coefficient (Wildman–Crippen LogP) is 3.95. The molecule has 0 aliphatic heterocycles. The number of carbonyl (C=O) groups is 2. The maximum atomic E-state index is 11.6. The van der Waals surface area contributed by atoms with Crippen molar-refractivity contribution in [3.63, 3.8) is 0 Å². The maximum Gasteiger partial charge on any atom is 0.303 e. The van der Waals surface area contributed by atoms with Crippen molar-refractivity contribution in [2.75, 3.05) is 12.8 Å². The number of ether oxygens (including phenoxy) is 1. The molecule has 0 aliphatic carbocycles. The number of ketones is 1. The first kappa shape index (κ1) is 19.9. The summed E-state index contributed by atoms with van der Waals surface area (Å²) in [4.78, 5) is 22.9. The molecule has 0 spiro atoms. The van der Waals surface area contributed by atoms with Crippen molar-refractivity contribution in [3.05, 3.63) is 53.1 Å². The standard InChI is InChI=1S/C11H13NO4.C6H5ClS/c1-16-7-2-3-9(12)8(6-7)10(13)4-5-11(14)15;7-5-1-3-6(8)4-2-5/h2-3,6H,4-5,12H2,1H3,(H,14,15);1-4,8H. The van der Waals surface area contributed by atoms with E-state index in [0.717, 1.165) is 9.92 Å². The minimum atomic E-state index is -1.00. The number of carboxylic acid groups (broad SMARTS) is 1. The number of thiol groups is 1. The van der Waals surface area contributed by atoms with Crippen molar-refractivity contribution in [2.45, 2.75) is 17.7 Å². The van der Waals surface area contributed by atoms with E-state index in [1.807, 2.05) is 24.3 Å². The Bertz CT molecular complexity index is 683. The van der Waals surface area contributed by atoms with E-state index in [1.165, 1.54) is 13.2 Å². The van der Waals surface area contributed by atoms with Gasteiger partial charge in [0.1, 0.15) is 5.75 Å². The van der Waals surface area contributed by atoms with Gasteiger partial charge in [0.05, 0.1) is 13.5 Å². The minimum absolute atomic E-state index is 0.0628. The zero-order valence-corrected chi connectivity index (χ0v) is 14.7. The predicted molar refractivity (Wildman–Crippen MR) is 97.3 cm³/mol. The van der Waals surface area contributed by atoms with E-state index in [4.69, 9.17) is 27.2 Å². The molecule has 2 rings (SSSR count). The third-order valence-corrected chi connectivity index (χ3v) is 3.50. The molecule has 0 unspecified atom stereocenters. The summed E-state index contributed by atoms with van der Waals surface area (Å²) in [5.74, 6) is -0.776. The van der Waals surface area contributed by atoms with Crippen molar-refractivity contribution in [2.24, 2.45) is 0 Å². The number of methoxy groups -OCH3 is 1. The molecule has 2 aromatic rings. The lowest BCUT2D eigenvalue weighted by Crippen LogP contribution is -2.07. The van der Waals surface area contributed by atoms with Gasteiger partial charge < -0.3 is 15.6 Å². The highest BCUT2D eigenvalue weighted by atomic mass is 35.5. The summed E-state index contributed by atoms with van der Waals surface area (Å²) in [7, 11) is 1.48. The Hall–Kier alpha value is -2.18. The van der Waals surface area contributed by atoms with Gasteiger partial charge in [-0.3, -0.25) is 9.59 Å². The van der Waals surface area contributed by atoms with Crippen LogP contribution in [-0.2, 0) is 4.79 Å². The molecule has 0 fully saturated rings. The second-order valence-corrected chi connectivity index (χ2v) is 5.70. The number of hydrogen-bond acceptors (Lipinski definition) is 5. The van der Waals surface area contributed by atoms with Crippen LogP contribution in [0.25, 0.3) is 0 Å². The average molecular weight is 368 g/mol. The van der Waals surface area contributed by atoms with Gasteiger partial charge >= 0.3 is 5.97 Å². The highest BCUT2D eigenvalue weighted by molar-refractivity contribution is 7.80. The largest absolute Gasteiger partial charge is 0.497 e. The molecule has 3 N–H and O–H groups in total. The van der Waals surface area contributed by atoms with Crippen LogP contribution >= 0.6 is 24.2 Å². The number of rotatable bonds is 5. The molecule has 0 heterocycles. The topological polar surface area (TPSA) is 89.6 Å². The number of nitrogens with two attached hydrogens (primary N) is 1. The highest BCUT2D eigenvalue weighted by Gasteiger charge is 2.12. The zero-order chi connectivity index (χ0) is 18.1. The lowest BCUT2D eigenvalue weighted by Gasteiger charge is -2.06. The smallest absolute Gasteiger partial charge is 0.303 e. The molecule has 0 radical (unpaired) electrons. The van der Waals surface area contributed by atoms with Crippen LogP contribution in [0.3, 0.4) is 0 Å². The van der Waals surface area contributed by atoms with Gasteiger partial charge in [0.25, 0.3) is 0 Å². The lowest BCUT2D eigenvalue weighted by molar-refractivity contribution is -0.136. The fraction of sp³-hybridized carbons (Fsp3) is 0.176. The molecular weight excluding hydrogens is 350 g/mol. The van der Waals surface area contributed by atoms with Crippen LogP contribution in [0.4, 0.5) is 5.69 Å². The molecule has 0 amide bonds. The van der Waals surface area contributed by atoms with E-state index in [1.54, 1.807) is 12.1 Å². The molecule has 0 atom stereocenters. The number of carbonyl (C=O) groups excluding carboxylic acids is 1. The van der Waals surface area contributed by atoms with Crippen LogP contribution in [-0.4, -0.2) is 24.0 Å². The minimum Gasteiger partial charge on any atom is -0.497 e. The Morgan fingerprint density at radius 3 is 2.29 bits per heavy atom. The average Bonchev–Trinajstić information content (AvgIpc) is 2.56. The van der Waals surface area contributed by atoms with E-state index in [9.17, 15) is 9.59 Å². The van der Waals surface area contributed by atoms with Gasteiger partial charge in [0, 0.05) is 27.6 Å². The molecule has 0 saturated carbocycles. The van der Waals surface area contributed by atoms with Crippen molar-refractivity contribution < 1.29 is 19.4 Å². The summed E-state index contributed by atoms with van der Waals surface area (Å²) in [5.41, 5.74) is 6.26. The first-order valence-electron chi connectivity index (χ1n) is 6.96. The van der Waals surface area contributed by atoms with E-state index >= 15 is 0 Å². The molecule has 7 heteroatoms. The number of nitrogen functional groups attached to an aromatic ring is 1. The number of hydrogen-bond donors (Lipinski definition) is 3. The van der Waals surface area contributed by atoms with Crippen molar-refractivity contribution in [1.82, 2.24) is 0 Å². The SMILES string of the molecule is COc1ccc(N)c(C(=O)CCC(=O)O)c1.Sc1ccc(Cl)cc1. The number of anilines is 1. The van der Waals surface area contributed by atoms with Gasteiger partial charge in [-0.15, -0.1) is 12.6 Å². The monoisotopic (exact) mass is 367 g/mol. The Morgan fingerprint density at radius 2 is 1.79 bits per heavy atom.